The molecule has 5 nitrogen and oxygen atoms in total. The molecule has 21 heavy (non-hydrogen) atoms. The molecule has 1 N–H and O–H groups in total. The zero-order chi connectivity index (χ0) is 15.2. The van der Waals surface area contributed by atoms with E-state index in [1.807, 2.05) is 24.3 Å². The van der Waals surface area contributed by atoms with Gasteiger partial charge in [0.15, 0.2) is 0 Å². The highest BCUT2D eigenvalue weighted by Gasteiger charge is 2.35. The van der Waals surface area contributed by atoms with Gasteiger partial charge in [-0.25, -0.2) is 0 Å². The zero-order valence-corrected chi connectivity index (χ0v) is 12.6. The Labute approximate surface area is 125 Å². The van der Waals surface area contributed by atoms with Gasteiger partial charge in [0.2, 0.25) is 11.8 Å². The molecule has 0 spiro atoms. The molecule has 2 rings (SSSR count). The molecule has 1 saturated heterocycles. The summed E-state index contributed by atoms with van der Waals surface area (Å²) in [6, 6.07) is 7.38. The van der Waals surface area contributed by atoms with Crippen LogP contribution in [0.15, 0.2) is 24.3 Å². The van der Waals surface area contributed by atoms with Crippen molar-refractivity contribution >= 4 is 17.5 Å². The van der Waals surface area contributed by atoms with Crippen LogP contribution in [0.5, 0.6) is 5.75 Å². The number of rotatable bonds is 6. The lowest BCUT2D eigenvalue weighted by molar-refractivity contribution is -0.126. The highest BCUT2D eigenvalue weighted by Crippen LogP contribution is 2.32. The molecule has 0 aromatic heterocycles. The van der Waals surface area contributed by atoms with Crippen LogP contribution in [0.4, 0.5) is 5.69 Å². The van der Waals surface area contributed by atoms with Crippen molar-refractivity contribution in [1.82, 2.24) is 5.32 Å². The number of nitrogens with zero attached hydrogens (tertiary/aromatic N) is 1. The number of carbonyl (C=O) groups is 2. The maximum absolute atomic E-state index is 12.2. The summed E-state index contributed by atoms with van der Waals surface area (Å²) in [4.78, 5) is 25.9. The van der Waals surface area contributed by atoms with Crippen LogP contribution in [0, 0.1) is 5.92 Å². The van der Waals surface area contributed by atoms with E-state index in [9.17, 15) is 9.59 Å². The van der Waals surface area contributed by atoms with Crippen molar-refractivity contribution in [3.05, 3.63) is 24.3 Å². The third-order valence-corrected chi connectivity index (χ3v) is 3.70. The lowest BCUT2D eigenvalue weighted by Crippen LogP contribution is -2.33. The maximum Gasteiger partial charge on any atom is 0.227 e. The standard InChI is InChI=1S/C16H22N2O3/c1-3-4-9-17-16(20)12-10-15(19)18(11-12)13-7-5-6-8-14(13)21-2/h5-8,12H,3-4,9-11H2,1-2H3,(H,17,20). The van der Waals surface area contributed by atoms with Crippen LogP contribution in [-0.4, -0.2) is 32.0 Å². The van der Waals surface area contributed by atoms with Crippen LogP contribution in [-0.2, 0) is 9.59 Å². The van der Waals surface area contributed by atoms with E-state index in [0.29, 0.717) is 18.8 Å². The maximum atomic E-state index is 12.2. The van der Waals surface area contributed by atoms with Gasteiger partial charge in [-0.15, -0.1) is 0 Å². The number of hydrogen-bond acceptors (Lipinski definition) is 3. The summed E-state index contributed by atoms with van der Waals surface area (Å²) in [6.07, 6.45) is 2.26. The fraction of sp³-hybridized carbons (Fsp3) is 0.500. The Morgan fingerprint density at radius 2 is 2.19 bits per heavy atom. The lowest BCUT2D eigenvalue weighted by Gasteiger charge is -2.19. The fourth-order valence-electron chi connectivity index (χ4n) is 2.50. The number of hydrogen-bond donors (Lipinski definition) is 1. The van der Waals surface area contributed by atoms with Crippen molar-refractivity contribution in [2.24, 2.45) is 5.92 Å². The van der Waals surface area contributed by atoms with Gasteiger partial charge in [0, 0.05) is 19.5 Å². The zero-order valence-electron chi connectivity index (χ0n) is 12.6. The number of methoxy groups -OCH3 is 1. The van der Waals surface area contributed by atoms with Crippen molar-refractivity contribution in [1.29, 1.82) is 0 Å². The minimum absolute atomic E-state index is 0.0323. The number of ether oxygens (including phenoxy) is 1. The highest BCUT2D eigenvalue weighted by atomic mass is 16.5. The van der Waals surface area contributed by atoms with Gasteiger partial charge in [-0.1, -0.05) is 25.5 Å². The Kier molecular flexibility index (Phi) is 5.20. The number of unbranched alkanes of at least 4 members (excludes halogenated alkanes) is 1. The molecule has 0 bridgehead atoms. The molecule has 2 amide bonds. The van der Waals surface area contributed by atoms with E-state index >= 15 is 0 Å². The van der Waals surface area contributed by atoms with Crippen LogP contribution in [0.25, 0.3) is 0 Å². The third-order valence-electron chi connectivity index (χ3n) is 3.70. The highest BCUT2D eigenvalue weighted by molar-refractivity contribution is 6.01. The number of benzene rings is 1. The molecule has 1 aliphatic rings. The van der Waals surface area contributed by atoms with Gasteiger partial charge in [-0.3, -0.25) is 9.59 Å². The van der Waals surface area contributed by atoms with Gasteiger partial charge < -0.3 is 15.0 Å². The number of amides is 2. The Bertz CT molecular complexity index is 516. The predicted molar refractivity (Wildman–Crippen MR) is 81.4 cm³/mol. The monoisotopic (exact) mass is 290 g/mol. The van der Waals surface area contributed by atoms with E-state index in [1.54, 1.807) is 12.0 Å². The molecule has 1 atom stereocenters. The van der Waals surface area contributed by atoms with Crippen LogP contribution < -0.4 is 15.0 Å². The predicted octanol–water partition coefficient (Wildman–Crippen LogP) is 1.96. The summed E-state index contributed by atoms with van der Waals surface area (Å²) < 4.78 is 5.29. The molecule has 1 aromatic rings. The smallest absolute Gasteiger partial charge is 0.227 e. The molecule has 0 aliphatic carbocycles. The molecule has 1 unspecified atom stereocenters. The summed E-state index contributed by atoms with van der Waals surface area (Å²) in [5, 5.41) is 2.90. The van der Waals surface area contributed by atoms with E-state index in [2.05, 4.69) is 12.2 Å². The quantitative estimate of drug-likeness (QED) is 0.815. The van der Waals surface area contributed by atoms with Gasteiger partial charge >= 0.3 is 0 Å². The second-order valence-corrected chi connectivity index (χ2v) is 5.22. The van der Waals surface area contributed by atoms with E-state index in [1.165, 1.54) is 0 Å². The van der Waals surface area contributed by atoms with Gasteiger partial charge in [0.05, 0.1) is 18.7 Å². The lowest BCUT2D eigenvalue weighted by atomic mass is 10.1. The average molecular weight is 290 g/mol. The second kappa shape index (κ2) is 7.11. The van der Waals surface area contributed by atoms with E-state index < -0.39 is 0 Å². The van der Waals surface area contributed by atoms with Crippen molar-refractivity contribution < 1.29 is 14.3 Å². The molecule has 1 heterocycles. The van der Waals surface area contributed by atoms with Crippen molar-refractivity contribution in [3.63, 3.8) is 0 Å². The molecular weight excluding hydrogens is 268 g/mol. The first-order valence-corrected chi connectivity index (χ1v) is 7.38. The van der Waals surface area contributed by atoms with Gasteiger partial charge in [0.25, 0.3) is 0 Å². The summed E-state index contributed by atoms with van der Waals surface area (Å²) in [7, 11) is 1.58. The van der Waals surface area contributed by atoms with Crippen LogP contribution in [0.1, 0.15) is 26.2 Å². The Morgan fingerprint density at radius 3 is 2.90 bits per heavy atom. The summed E-state index contributed by atoms with van der Waals surface area (Å²) >= 11 is 0. The van der Waals surface area contributed by atoms with Crippen LogP contribution in [0.2, 0.25) is 0 Å². The summed E-state index contributed by atoms with van der Waals surface area (Å²) in [6.45, 7) is 3.17. The molecule has 1 fully saturated rings. The molecule has 5 heteroatoms. The van der Waals surface area contributed by atoms with E-state index in [-0.39, 0.29) is 24.2 Å². The largest absolute Gasteiger partial charge is 0.495 e. The second-order valence-electron chi connectivity index (χ2n) is 5.22. The van der Waals surface area contributed by atoms with E-state index in [0.717, 1.165) is 18.5 Å². The Balaban J connectivity index is 2.04. The molecule has 1 aliphatic heterocycles. The van der Waals surface area contributed by atoms with Gasteiger partial charge in [-0.2, -0.15) is 0 Å². The van der Waals surface area contributed by atoms with Crippen LogP contribution >= 0.6 is 0 Å². The normalized spacial score (nSPS) is 17.9. The third kappa shape index (κ3) is 3.54. The fourth-order valence-corrected chi connectivity index (χ4v) is 2.50. The Hall–Kier alpha value is -2.04. The van der Waals surface area contributed by atoms with Crippen molar-refractivity contribution in [2.75, 3.05) is 25.1 Å². The van der Waals surface area contributed by atoms with Crippen molar-refractivity contribution in [3.8, 4) is 5.75 Å². The molecule has 0 saturated carbocycles. The first kappa shape index (κ1) is 15.4. The summed E-state index contributed by atoms with van der Waals surface area (Å²) in [5.74, 6) is 0.307. The number of carbonyl (C=O) groups excluding carboxylic acids is 2. The van der Waals surface area contributed by atoms with Crippen molar-refractivity contribution in [2.45, 2.75) is 26.2 Å². The molecular formula is C16H22N2O3. The molecule has 0 radical (unpaired) electrons. The molecule has 114 valence electrons. The minimum Gasteiger partial charge on any atom is -0.495 e. The number of para-hydroxylation sites is 2. The SMILES string of the molecule is CCCCNC(=O)C1CC(=O)N(c2ccccc2OC)C1. The van der Waals surface area contributed by atoms with Gasteiger partial charge in [-0.05, 0) is 18.6 Å². The number of nitrogens with one attached hydrogen (secondary N) is 1. The average Bonchev–Trinajstić information content (AvgIpc) is 2.89. The van der Waals surface area contributed by atoms with Gasteiger partial charge in [0.1, 0.15) is 5.75 Å². The topological polar surface area (TPSA) is 58.6 Å². The van der Waals surface area contributed by atoms with Crippen LogP contribution in [0.3, 0.4) is 0 Å². The minimum atomic E-state index is -0.278. The first-order chi connectivity index (χ1) is 10.2. The van der Waals surface area contributed by atoms with E-state index in [4.69, 9.17) is 4.74 Å². The number of anilines is 1. The Morgan fingerprint density at radius 1 is 1.43 bits per heavy atom. The summed E-state index contributed by atoms with van der Waals surface area (Å²) in [5.41, 5.74) is 0.730. The molecule has 1 aromatic carbocycles. The first-order valence-electron chi connectivity index (χ1n) is 7.38.